The summed E-state index contributed by atoms with van der Waals surface area (Å²) in [4.78, 5) is 51.1. The molecule has 0 fully saturated rings. The maximum Gasteiger partial charge on any atom is 0.251 e. The lowest BCUT2D eigenvalue weighted by molar-refractivity contribution is -0.135. The van der Waals surface area contributed by atoms with E-state index in [-0.39, 0.29) is 17.7 Å². The van der Waals surface area contributed by atoms with Gasteiger partial charge < -0.3 is 30.7 Å². The number of carbonyl (C=O) groups excluding carboxylic acids is 3. The lowest BCUT2D eigenvalue weighted by Crippen LogP contribution is -2.45. The quantitative estimate of drug-likeness (QED) is 0.178. The summed E-state index contributed by atoms with van der Waals surface area (Å²) >= 11 is 0. The van der Waals surface area contributed by atoms with Crippen LogP contribution in [0.5, 0.6) is 0 Å². The largest absolute Gasteiger partial charge is 0.358 e. The summed E-state index contributed by atoms with van der Waals surface area (Å²) in [6, 6.07) is 6.49. The van der Waals surface area contributed by atoms with Gasteiger partial charge in [0.05, 0.1) is 11.8 Å². The summed E-state index contributed by atoms with van der Waals surface area (Å²) in [6.45, 7) is 5.72. The SMILES string of the molecule is CCCN(C)c1nc(Nc2ccc(C(=O)NC)cc2)ncc1C#CCCCNC(=O)[C@H](C)N(C)C(=O)C=CCN(C)C. The van der Waals surface area contributed by atoms with Gasteiger partial charge in [-0.15, -0.1) is 0 Å². The fourth-order valence-corrected chi connectivity index (χ4v) is 3.77. The van der Waals surface area contributed by atoms with Crippen LogP contribution in [0.4, 0.5) is 17.5 Å². The highest BCUT2D eigenvalue weighted by molar-refractivity contribution is 5.94. The van der Waals surface area contributed by atoms with Crippen LogP contribution in [-0.2, 0) is 9.59 Å². The molecule has 2 rings (SSSR count). The summed E-state index contributed by atoms with van der Waals surface area (Å²) in [5, 5.41) is 8.68. The van der Waals surface area contributed by atoms with Crippen molar-refractivity contribution in [3.63, 3.8) is 0 Å². The predicted octanol–water partition coefficient (Wildman–Crippen LogP) is 2.64. The van der Waals surface area contributed by atoms with Gasteiger partial charge in [-0.2, -0.15) is 4.98 Å². The molecule has 42 heavy (non-hydrogen) atoms. The summed E-state index contributed by atoms with van der Waals surface area (Å²) in [6.07, 6.45) is 7.15. The van der Waals surface area contributed by atoms with Crippen LogP contribution in [0.2, 0.25) is 0 Å². The molecule has 3 N–H and O–H groups in total. The van der Waals surface area contributed by atoms with Crippen molar-refractivity contribution in [1.29, 1.82) is 0 Å². The maximum atomic E-state index is 12.5. The molecule has 11 heteroatoms. The van der Waals surface area contributed by atoms with Crippen LogP contribution in [0, 0.1) is 11.8 Å². The van der Waals surface area contributed by atoms with Gasteiger partial charge in [0.15, 0.2) is 0 Å². The van der Waals surface area contributed by atoms with Crippen LogP contribution >= 0.6 is 0 Å². The Morgan fingerprint density at radius 1 is 1.10 bits per heavy atom. The van der Waals surface area contributed by atoms with Crippen molar-refractivity contribution in [2.45, 2.75) is 39.2 Å². The standard InChI is InChI=1S/C31H44N8O3/c1-8-20-38(6)28-25(22-34-31(36-28)35-26-17-15-24(16-18-26)30(42)32-3)13-10-9-11-19-33-29(41)23(2)39(7)27(40)14-12-21-37(4)5/h12,14-18,22-23H,8-9,11,19-21H2,1-7H3,(H,32,42)(H,33,41)(H,34,35,36)/t23-/m0/s1. The van der Waals surface area contributed by atoms with Crippen molar-refractivity contribution in [2.75, 3.05) is 65.1 Å². The minimum Gasteiger partial charge on any atom is -0.358 e. The van der Waals surface area contributed by atoms with Gasteiger partial charge in [-0.25, -0.2) is 4.98 Å². The molecule has 1 heterocycles. The molecule has 3 amide bonds. The van der Waals surface area contributed by atoms with Crippen molar-refractivity contribution < 1.29 is 14.4 Å². The van der Waals surface area contributed by atoms with Gasteiger partial charge in [0.2, 0.25) is 17.8 Å². The number of amides is 3. The molecule has 11 nitrogen and oxygen atoms in total. The van der Waals surface area contributed by atoms with Crippen LogP contribution in [0.3, 0.4) is 0 Å². The number of hydrogen-bond donors (Lipinski definition) is 3. The van der Waals surface area contributed by atoms with Crippen molar-refractivity contribution >= 4 is 35.2 Å². The smallest absolute Gasteiger partial charge is 0.251 e. The number of hydrogen-bond acceptors (Lipinski definition) is 8. The van der Waals surface area contributed by atoms with Gasteiger partial charge in [0, 0.05) is 64.5 Å². The number of carbonyl (C=O) groups is 3. The molecule has 0 radical (unpaired) electrons. The van der Waals surface area contributed by atoms with Crippen molar-refractivity contribution in [2.24, 2.45) is 0 Å². The highest BCUT2D eigenvalue weighted by Crippen LogP contribution is 2.20. The van der Waals surface area contributed by atoms with E-state index in [9.17, 15) is 14.4 Å². The fraction of sp³-hybridized carbons (Fsp3) is 0.452. The second-order valence-corrected chi connectivity index (χ2v) is 10.1. The number of nitrogens with one attached hydrogen (secondary N) is 3. The van der Waals surface area contributed by atoms with Crippen LogP contribution in [0.1, 0.15) is 49.0 Å². The number of likely N-dealkylation sites (N-methyl/N-ethyl adjacent to an activating group) is 2. The van der Waals surface area contributed by atoms with E-state index in [1.807, 2.05) is 30.9 Å². The Morgan fingerprint density at radius 2 is 1.81 bits per heavy atom. The van der Waals surface area contributed by atoms with Gasteiger partial charge in [0.1, 0.15) is 11.9 Å². The third kappa shape index (κ3) is 10.9. The van der Waals surface area contributed by atoms with Crippen LogP contribution in [-0.4, -0.2) is 98.4 Å². The third-order valence-electron chi connectivity index (χ3n) is 6.36. The first-order valence-corrected chi connectivity index (χ1v) is 14.1. The molecule has 0 spiro atoms. The lowest BCUT2D eigenvalue weighted by Gasteiger charge is -2.23. The Hall–Kier alpha value is -4.43. The molecule has 0 aliphatic rings. The van der Waals surface area contributed by atoms with Gasteiger partial charge >= 0.3 is 0 Å². The van der Waals surface area contributed by atoms with Gasteiger partial charge in [0.25, 0.3) is 5.91 Å². The van der Waals surface area contributed by atoms with Crippen LogP contribution in [0.15, 0.2) is 42.6 Å². The maximum absolute atomic E-state index is 12.5. The second-order valence-electron chi connectivity index (χ2n) is 10.1. The lowest BCUT2D eigenvalue weighted by atomic mass is 10.2. The minimum absolute atomic E-state index is 0.149. The van der Waals surface area contributed by atoms with Gasteiger partial charge in [-0.3, -0.25) is 14.4 Å². The second kappa shape index (κ2) is 17.4. The van der Waals surface area contributed by atoms with Crippen molar-refractivity contribution in [1.82, 2.24) is 30.4 Å². The molecule has 2 aromatic rings. The van der Waals surface area contributed by atoms with E-state index < -0.39 is 6.04 Å². The number of anilines is 3. The van der Waals surface area contributed by atoms with Crippen LogP contribution in [0.25, 0.3) is 0 Å². The minimum atomic E-state index is -0.581. The van der Waals surface area contributed by atoms with Crippen molar-refractivity contribution in [3.05, 3.63) is 53.7 Å². The predicted molar refractivity (Wildman–Crippen MR) is 168 cm³/mol. The molecule has 0 saturated heterocycles. The molecular formula is C31H44N8O3. The highest BCUT2D eigenvalue weighted by atomic mass is 16.2. The number of aromatic nitrogens is 2. The molecule has 0 unspecified atom stereocenters. The highest BCUT2D eigenvalue weighted by Gasteiger charge is 2.20. The molecule has 0 aliphatic heterocycles. The zero-order valence-electron chi connectivity index (χ0n) is 25.8. The van der Waals surface area contributed by atoms with Gasteiger partial charge in [-0.1, -0.05) is 24.8 Å². The Labute approximate surface area is 249 Å². The number of nitrogens with zero attached hydrogens (tertiary/aromatic N) is 5. The topological polar surface area (TPSA) is 123 Å². The fourth-order valence-electron chi connectivity index (χ4n) is 3.77. The molecule has 0 saturated carbocycles. The molecule has 226 valence electrons. The van der Waals surface area contributed by atoms with E-state index in [0.29, 0.717) is 43.0 Å². The molecule has 1 atom stereocenters. The average molecular weight is 577 g/mol. The molecule has 1 aromatic carbocycles. The number of unbranched alkanes of at least 4 members (excludes halogenated alkanes) is 1. The molecule has 0 bridgehead atoms. The van der Waals surface area contributed by atoms with E-state index in [4.69, 9.17) is 4.98 Å². The van der Waals surface area contributed by atoms with Crippen molar-refractivity contribution in [3.8, 4) is 11.8 Å². The summed E-state index contributed by atoms with van der Waals surface area (Å²) in [7, 11) is 9.03. The summed E-state index contributed by atoms with van der Waals surface area (Å²) in [5.74, 6) is 6.92. The first kappa shape index (κ1) is 33.8. The van der Waals surface area contributed by atoms with E-state index >= 15 is 0 Å². The zero-order chi connectivity index (χ0) is 31.1. The normalized spacial score (nSPS) is 11.4. The first-order chi connectivity index (χ1) is 20.1. The van der Waals surface area contributed by atoms with E-state index in [1.54, 1.807) is 57.6 Å². The Balaban J connectivity index is 1.96. The van der Waals surface area contributed by atoms with E-state index in [1.165, 1.54) is 11.0 Å². The number of benzene rings is 1. The Kier molecular flexibility index (Phi) is 14.0. The molecular weight excluding hydrogens is 532 g/mol. The van der Waals surface area contributed by atoms with Gasteiger partial charge in [-0.05, 0) is 58.1 Å². The molecule has 1 aromatic heterocycles. The monoisotopic (exact) mass is 576 g/mol. The summed E-state index contributed by atoms with van der Waals surface area (Å²) in [5.41, 5.74) is 2.04. The Morgan fingerprint density at radius 3 is 2.45 bits per heavy atom. The van der Waals surface area contributed by atoms with Crippen LogP contribution < -0.4 is 20.9 Å². The Bertz CT molecular complexity index is 1280. The van der Waals surface area contributed by atoms with E-state index in [2.05, 4.69) is 39.7 Å². The third-order valence-corrected chi connectivity index (χ3v) is 6.36. The summed E-state index contributed by atoms with van der Waals surface area (Å²) < 4.78 is 0. The van der Waals surface area contributed by atoms with E-state index in [0.717, 1.165) is 24.5 Å². The average Bonchev–Trinajstić information content (AvgIpc) is 2.98. The zero-order valence-corrected chi connectivity index (χ0v) is 25.8. The first-order valence-electron chi connectivity index (χ1n) is 14.1. The molecule has 0 aliphatic carbocycles. The number of rotatable bonds is 14.